The lowest BCUT2D eigenvalue weighted by molar-refractivity contribution is 0.406. The van der Waals surface area contributed by atoms with Gasteiger partial charge in [0.25, 0.3) is 0 Å². The monoisotopic (exact) mass is 236 g/mol. The van der Waals surface area contributed by atoms with Crippen LogP contribution in [0.15, 0.2) is 18.2 Å². The van der Waals surface area contributed by atoms with E-state index >= 15 is 0 Å². The Balaban J connectivity index is 3.22. The molecule has 0 saturated heterocycles. The molecule has 0 aliphatic carbocycles. The predicted molar refractivity (Wildman–Crippen MR) is 73.8 cm³/mol. The molecule has 0 radical (unpaired) electrons. The normalized spacial score (nSPS) is 14.2. The number of hydrogen-bond acceptors (Lipinski definition) is 3. The van der Waals surface area contributed by atoms with Crippen LogP contribution in [0.4, 0.5) is 5.69 Å². The second-order valence-electron chi connectivity index (χ2n) is 4.55. The number of nitrogens with two attached hydrogens (primary N) is 1. The number of benzene rings is 1. The van der Waals surface area contributed by atoms with E-state index in [9.17, 15) is 0 Å². The first kappa shape index (κ1) is 13.8. The van der Waals surface area contributed by atoms with Gasteiger partial charge in [-0.25, -0.2) is 0 Å². The molecule has 1 aromatic carbocycles. The van der Waals surface area contributed by atoms with E-state index in [1.165, 1.54) is 0 Å². The molecule has 0 aliphatic heterocycles. The summed E-state index contributed by atoms with van der Waals surface area (Å²) in [6.45, 7) is 6.39. The fourth-order valence-electron chi connectivity index (χ4n) is 1.99. The van der Waals surface area contributed by atoms with Crippen LogP contribution in [-0.4, -0.2) is 20.2 Å². The summed E-state index contributed by atoms with van der Waals surface area (Å²) in [6, 6.07) is 6.53. The predicted octanol–water partition coefficient (Wildman–Crippen LogP) is 2.95. The van der Waals surface area contributed by atoms with E-state index in [1.54, 1.807) is 7.11 Å². The summed E-state index contributed by atoms with van der Waals surface area (Å²) in [6.07, 6.45) is 1.10. The third-order valence-corrected chi connectivity index (χ3v) is 3.35. The van der Waals surface area contributed by atoms with Gasteiger partial charge in [0.2, 0.25) is 0 Å². The molecule has 0 saturated carbocycles. The van der Waals surface area contributed by atoms with E-state index in [-0.39, 0.29) is 6.04 Å². The van der Waals surface area contributed by atoms with Crippen LogP contribution < -0.4 is 15.4 Å². The largest absolute Gasteiger partial charge is 0.496 e. The first-order valence-electron chi connectivity index (χ1n) is 6.18. The number of rotatable bonds is 5. The smallest absolute Gasteiger partial charge is 0.125 e. The quantitative estimate of drug-likeness (QED) is 0.854. The zero-order valence-corrected chi connectivity index (χ0v) is 11.5. The van der Waals surface area contributed by atoms with Gasteiger partial charge in [0.15, 0.2) is 0 Å². The van der Waals surface area contributed by atoms with Crippen LogP contribution in [0.2, 0.25) is 0 Å². The van der Waals surface area contributed by atoms with Gasteiger partial charge in [0.1, 0.15) is 5.75 Å². The van der Waals surface area contributed by atoms with Crippen LogP contribution in [0, 0.1) is 0 Å². The van der Waals surface area contributed by atoms with Crippen LogP contribution in [0.5, 0.6) is 5.75 Å². The van der Waals surface area contributed by atoms with E-state index in [4.69, 9.17) is 10.5 Å². The van der Waals surface area contributed by atoms with Gasteiger partial charge in [-0.1, -0.05) is 13.0 Å². The summed E-state index contributed by atoms with van der Waals surface area (Å²) >= 11 is 0. The third-order valence-electron chi connectivity index (χ3n) is 3.35. The highest BCUT2D eigenvalue weighted by molar-refractivity contribution is 5.60. The van der Waals surface area contributed by atoms with Crippen molar-refractivity contribution in [2.24, 2.45) is 5.73 Å². The Morgan fingerprint density at radius 2 is 2.00 bits per heavy atom. The van der Waals surface area contributed by atoms with Gasteiger partial charge >= 0.3 is 0 Å². The number of nitrogens with zero attached hydrogens (tertiary/aromatic N) is 1. The van der Waals surface area contributed by atoms with Crippen molar-refractivity contribution < 1.29 is 4.74 Å². The van der Waals surface area contributed by atoms with Crippen molar-refractivity contribution in [1.82, 2.24) is 0 Å². The first-order chi connectivity index (χ1) is 8.02. The molecular weight excluding hydrogens is 212 g/mol. The highest BCUT2D eigenvalue weighted by Gasteiger charge is 2.18. The SMILES string of the molecule is CCC(C)N(C)c1cccc(OC)c1C(C)N. The zero-order valence-electron chi connectivity index (χ0n) is 11.5. The lowest BCUT2D eigenvalue weighted by atomic mass is 10.0. The first-order valence-corrected chi connectivity index (χ1v) is 6.18. The molecule has 0 amide bonds. The second kappa shape index (κ2) is 5.92. The van der Waals surface area contributed by atoms with Gasteiger partial charge in [-0.05, 0) is 32.4 Å². The molecule has 3 heteroatoms. The molecule has 2 atom stereocenters. The van der Waals surface area contributed by atoms with E-state index < -0.39 is 0 Å². The van der Waals surface area contributed by atoms with Gasteiger partial charge in [-0.2, -0.15) is 0 Å². The van der Waals surface area contributed by atoms with Crippen molar-refractivity contribution >= 4 is 5.69 Å². The summed E-state index contributed by atoms with van der Waals surface area (Å²) in [5, 5.41) is 0. The van der Waals surface area contributed by atoms with Crippen molar-refractivity contribution in [3.63, 3.8) is 0 Å². The summed E-state index contributed by atoms with van der Waals surface area (Å²) in [5.74, 6) is 0.868. The Bertz CT molecular complexity index is 363. The lowest BCUT2D eigenvalue weighted by Gasteiger charge is -2.30. The van der Waals surface area contributed by atoms with Crippen LogP contribution >= 0.6 is 0 Å². The number of hydrogen-bond donors (Lipinski definition) is 1. The molecular formula is C14H24N2O. The fourth-order valence-corrected chi connectivity index (χ4v) is 1.99. The number of anilines is 1. The van der Waals surface area contributed by atoms with Gasteiger partial charge in [-0.3, -0.25) is 0 Å². The van der Waals surface area contributed by atoms with E-state index in [0.29, 0.717) is 6.04 Å². The van der Waals surface area contributed by atoms with Crippen molar-refractivity contribution in [2.45, 2.75) is 39.3 Å². The molecule has 1 aromatic rings. The standard InChI is InChI=1S/C14H24N2O/c1-6-10(2)16(4)12-8-7-9-13(17-5)14(12)11(3)15/h7-11H,6,15H2,1-5H3. The average molecular weight is 236 g/mol. The molecule has 0 bridgehead atoms. The average Bonchev–Trinajstić information content (AvgIpc) is 2.35. The van der Waals surface area contributed by atoms with Crippen LogP contribution in [0.25, 0.3) is 0 Å². The maximum atomic E-state index is 6.06. The van der Waals surface area contributed by atoms with E-state index in [2.05, 4.69) is 31.9 Å². The summed E-state index contributed by atoms with van der Waals surface area (Å²) in [7, 11) is 3.79. The van der Waals surface area contributed by atoms with Gasteiger partial charge in [-0.15, -0.1) is 0 Å². The van der Waals surface area contributed by atoms with Gasteiger partial charge in [0, 0.05) is 30.4 Å². The van der Waals surface area contributed by atoms with Crippen LogP contribution in [-0.2, 0) is 0 Å². The topological polar surface area (TPSA) is 38.5 Å². The van der Waals surface area contributed by atoms with Gasteiger partial charge < -0.3 is 15.4 Å². The highest BCUT2D eigenvalue weighted by Crippen LogP contribution is 2.34. The molecule has 17 heavy (non-hydrogen) atoms. The lowest BCUT2D eigenvalue weighted by Crippen LogP contribution is -2.29. The van der Waals surface area contributed by atoms with Gasteiger partial charge in [0.05, 0.1) is 7.11 Å². The summed E-state index contributed by atoms with van der Waals surface area (Å²) < 4.78 is 5.40. The summed E-state index contributed by atoms with van der Waals surface area (Å²) in [5.41, 5.74) is 8.31. The Kier molecular flexibility index (Phi) is 4.82. The minimum atomic E-state index is -0.0346. The van der Waals surface area contributed by atoms with Crippen molar-refractivity contribution in [3.8, 4) is 5.75 Å². The van der Waals surface area contributed by atoms with Crippen LogP contribution in [0.1, 0.15) is 38.8 Å². The molecule has 1 rings (SSSR count). The highest BCUT2D eigenvalue weighted by atomic mass is 16.5. The Hall–Kier alpha value is -1.22. The van der Waals surface area contributed by atoms with Crippen molar-refractivity contribution in [2.75, 3.05) is 19.1 Å². The summed E-state index contributed by atoms with van der Waals surface area (Å²) in [4.78, 5) is 2.27. The van der Waals surface area contributed by atoms with Crippen molar-refractivity contribution in [1.29, 1.82) is 0 Å². The van der Waals surface area contributed by atoms with E-state index in [1.807, 2.05) is 19.1 Å². The maximum absolute atomic E-state index is 6.06. The molecule has 0 aromatic heterocycles. The molecule has 0 fully saturated rings. The molecule has 96 valence electrons. The molecule has 0 heterocycles. The molecule has 2 unspecified atom stereocenters. The Morgan fingerprint density at radius 3 is 2.47 bits per heavy atom. The van der Waals surface area contributed by atoms with E-state index in [0.717, 1.165) is 23.4 Å². The molecule has 2 N–H and O–H groups in total. The Morgan fingerprint density at radius 1 is 1.35 bits per heavy atom. The minimum Gasteiger partial charge on any atom is -0.496 e. The maximum Gasteiger partial charge on any atom is 0.125 e. The molecule has 0 spiro atoms. The third kappa shape index (κ3) is 2.91. The fraction of sp³-hybridized carbons (Fsp3) is 0.571. The number of ether oxygens (including phenoxy) is 1. The molecule has 0 aliphatic rings. The second-order valence-corrected chi connectivity index (χ2v) is 4.55. The number of methoxy groups -OCH3 is 1. The zero-order chi connectivity index (χ0) is 13.0. The minimum absolute atomic E-state index is 0.0346. The van der Waals surface area contributed by atoms with Crippen molar-refractivity contribution in [3.05, 3.63) is 23.8 Å². The Labute approximate surface area is 105 Å². The molecule has 3 nitrogen and oxygen atoms in total. The van der Waals surface area contributed by atoms with Crippen LogP contribution in [0.3, 0.4) is 0 Å².